The predicted molar refractivity (Wildman–Crippen MR) is 72.2 cm³/mol. The summed E-state index contributed by atoms with van der Waals surface area (Å²) in [6, 6.07) is 6.75. The molecule has 0 fully saturated rings. The molecule has 0 radical (unpaired) electrons. The summed E-state index contributed by atoms with van der Waals surface area (Å²) in [5.41, 5.74) is 0.862. The normalized spacial score (nSPS) is 15.1. The number of ether oxygens (including phenoxy) is 1. The molecule has 0 aliphatic rings. The monoisotopic (exact) mass is 272 g/mol. The molecule has 0 bridgehead atoms. The molecule has 2 N–H and O–H groups in total. The molecule has 6 heteroatoms. The van der Waals surface area contributed by atoms with E-state index in [9.17, 15) is 8.42 Å². The van der Waals surface area contributed by atoms with E-state index in [-0.39, 0.29) is 17.0 Å². The average molecular weight is 272 g/mol. The second-order valence-electron chi connectivity index (χ2n) is 4.11. The summed E-state index contributed by atoms with van der Waals surface area (Å²) in [5.74, 6) is 0. The molecule has 102 valence electrons. The van der Waals surface area contributed by atoms with Crippen LogP contribution in [-0.4, -0.2) is 34.7 Å². The first-order valence-corrected chi connectivity index (χ1v) is 7.22. The summed E-state index contributed by atoms with van der Waals surface area (Å²) in [4.78, 5) is 0.253. The van der Waals surface area contributed by atoms with Gasteiger partial charge in [-0.3, -0.25) is 0 Å². The Balaban J connectivity index is 2.78. The van der Waals surface area contributed by atoms with Gasteiger partial charge in [0.2, 0.25) is 10.0 Å². The van der Waals surface area contributed by atoms with E-state index in [1.54, 1.807) is 31.4 Å². The Bertz CT molecular complexity index is 471. The molecular formula is C12H20N2O3S. The predicted octanol–water partition coefficient (Wildman–Crippen LogP) is 1.43. The van der Waals surface area contributed by atoms with Crippen LogP contribution < -0.4 is 10.0 Å². The fourth-order valence-electron chi connectivity index (χ4n) is 1.43. The summed E-state index contributed by atoms with van der Waals surface area (Å²) in [6.45, 7) is 3.98. The topological polar surface area (TPSA) is 67.4 Å². The molecule has 0 amide bonds. The van der Waals surface area contributed by atoms with Crippen LogP contribution in [0.4, 0.5) is 5.69 Å². The summed E-state index contributed by atoms with van der Waals surface area (Å²) < 4.78 is 30.6. The molecule has 1 rings (SSSR count). The van der Waals surface area contributed by atoms with Gasteiger partial charge in [0, 0.05) is 18.8 Å². The SMILES string of the molecule is CNS(=O)(=O)c1ccc(NC(C)C(C)OC)cc1. The zero-order chi connectivity index (χ0) is 13.8. The lowest BCUT2D eigenvalue weighted by Gasteiger charge is -2.21. The molecule has 0 saturated heterocycles. The quantitative estimate of drug-likeness (QED) is 0.822. The average Bonchev–Trinajstić information content (AvgIpc) is 2.38. The van der Waals surface area contributed by atoms with Crippen molar-refractivity contribution in [2.45, 2.75) is 30.9 Å². The molecule has 18 heavy (non-hydrogen) atoms. The van der Waals surface area contributed by atoms with Crippen molar-refractivity contribution in [1.82, 2.24) is 4.72 Å². The van der Waals surface area contributed by atoms with Crippen molar-refractivity contribution in [3.63, 3.8) is 0 Å². The van der Waals surface area contributed by atoms with Gasteiger partial charge in [0.25, 0.3) is 0 Å². The molecule has 0 spiro atoms. The van der Waals surface area contributed by atoms with E-state index in [0.717, 1.165) is 5.69 Å². The Morgan fingerprint density at radius 1 is 1.17 bits per heavy atom. The minimum absolute atomic E-state index is 0.0747. The number of nitrogens with one attached hydrogen (secondary N) is 2. The highest BCUT2D eigenvalue weighted by atomic mass is 32.2. The Morgan fingerprint density at radius 2 is 1.72 bits per heavy atom. The Labute approximate surface area is 109 Å². The third-order valence-corrected chi connectivity index (χ3v) is 4.33. The van der Waals surface area contributed by atoms with Gasteiger partial charge in [-0.05, 0) is 45.2 Å². The second kappa shape index (κ2) is 6.17. The second-order valence-corrected chi connectivity index (χ2v) is 5.99. The number of hydrogen-bond donors (Lipinski definition) is 2. The van der Waals surface area contributed by atoms with Crippen LogP contribution in [0.25, 0.3) is 0 Å². The van der Waals surface area contributed by atoms with Crippen molar-refractivity contribution in [3.05, 3.63) is 24.3 Å². The van der Waals surface area contributed by atoms with E-state index < -0.39 is 10.0 Å². The van der Waals surface area contributed by atoms with Crippen molar-refractivity contribution in [2.75, 3.05) is 19.5 Å². The van der Waals surface area contributed by atoms with Crippen LogP contribution in [0.5, 0.6) is 0 Å². The molecule has 0 aliphatic carbocycles. The molecule has 0 heterocycles. The largest absolute Gasteiger partial charge is 0.380 e. The zero-order valence-electron chi connectivity index (χ0n) is 11.1. The van der Waals surface area contributed by atoms with E-state index in [1.165, 1.54) is 7.05 Å². The molecule has 0 aliphatic heterocycles. The van der Waals surface area contributed by atoms with Gasteiger partial charge < -0.3 is 10.1 Å². The van der Waals surface area contributed by atoms with Gasteiger partial charge in [0.1, 0.15) is 0 Å². The van der Waals surface area contributed by atoms with Gasteiger partial charge in [-0.2, -0.15) is 0 Å². The van der Waals surface area contributed by atoms with Gasteiger partial charge in [0.15, 0.2) is 0 Å². The summed E-state index contributed by atoms with van der Waals surface area (Å²) in [5, 5.41) is 3.25. The Kier molecular flexibility index (Phi) is 5.13. The molecular weight excluding hydrogens is 252 g/mol. The van der Waals surface area contributed by atoms with Crippen LogP contribution in [0, 0.1) is 0 Å². The molecule has 5 nitrogen and oxygen atoms in total. The first-order chi connectivity index (χ1) is 8.40. The lowest BCUT2D eigenvalue weighted by Crippen LogP contribution is -2.29. The maximum atomic E-state index is 11.5. The van der Waals surface area contributed by atoms with Crippen molar-refractivity contribution < 1.29 is 13.2 Å². The van der Waals surface area contributed by atoms with Gasteiger partial charge in [-0.25, -0.2) is 13.1 Å². The van der Waals surface area contributed by atoms with Crippen LogP contribution >= 0.6 is 0 Å². The summed E-state index contributed by atoms with van der Waals surface area (Å²) in [7, 11) is -0.316. The Hall–Kier alpha value is -1.11. The molecule has 0 saturated carbocycles. The fraction of sp³-hybridized carbons (Fsp3) is 0.500. The number of anilines is 1. The van der Waals surface area contributed by atoms with E-state index in [4.69, 9.17) is 4.74 Å². The van der Waals surface area contributed by atoms with Crippen LogP contribution in [-0.2, 0) is 14.8 Å². The van der Waals surface area contributed by atoms with Crippen molar-refractivity contribution in [1.29, 1.82) is 0 Å². The van der Waals surface area contributed by atoms with Crippen LogP contribution in [0.2, 0.25) is 0 Å². The molecule has 2 unspecified atom stereocenters. The minimum Gasteiger partial charge on any atom is -0.380 e. The smallest absolute Gasteiger partial charge is 0.240 e. The molecule has 0 aromatic heterocycles. The first kappa shape index (κ1) is 14.9. The van der Waals surface area contributed by atoms with E-state index in [1.807, 2.05) is 13.8 Å². The van der Waals surface area contributed by atoms with Gasteiger partial charge in [-0.15, -0.1) is 0 Å². The zero-order valence-corrected chi connectivity index (χ0v) is 11.9. The number of sulfonamides is 1. The maximum absolute atomic E-state index is 11.5. The van der Waals surface area contributed by atoms with E-state index >= 15 is 0 Å². The van der Waals surface area contributed by atoms with E-state index in [2.05, 4.69) is 10.0 Å². The van der Waals surface area contributed by atoms with Gasteiger partial charge in [0.05, 0.1) is 11.0 Å². The van der Waals surface area contributed by atoms with Crippen LogP contribution in [0.3, 0.4) is 0 Å². The maximum Gasteiger partial charge on any atom is 0.240 e. The number of benzene rings is 1. The Morgan fingerprint density at radius 3 is 2.17 bits per heavy atom. The van der Waals surface area contributed by atoms with Crippen LogP contribution in [0.15, 0.2) is 29.2 Å². The van der Waals surface area contributed by atoms with Crippen molar-refractivity contribution >= 4 is 15.7 Å². The number of rotatable bonds is 6. The van der Waals surface area contributed by atoms with Gasteiger partial charge >= 0.3 is 0 Å². The molecule has 1 aromatic carbocycles. The third-order valence-electron chi connectivity index (χ3n) is 2.90. The van der Waals surface area contributed by atoms with Crippen molar-refractivity contribution in [2.24, 2.45) is 0 Å². The highest BCUT2D eigenvalue weighted by Crippen LogP contribution is 2.15. The fourth-order valence-corrected chi connectivity index (χ4v) is 2.16. The molecule has 1 aromatic rings. The van der Waals surface area contributed by atoms with E-state index in [0.29, 0.717) is 0 Å². The summed E-state index contributed by atoms with van der Waals surface area (Å²) in [6.07, 6.45) is 0.0747. The highest BCUT2D eigenvalue weighted by molar-refractivity contribution is 7.89. The highest BCUT2D eigenvalue weighted by Gasteiger charge is 2.13. The lowest BCUT2D eigenvalue weighted by molar-refractivity contribution is 0.106. The number of hydrogen-bond acceptors (Lipinski definition) is 4. The number of methoxy groups -OCH3 is 1. The van der Waals surface area contributed by atoms with Crippen LogP contribution in [0.1, 0.15) is 13.8 Å². The lowest BCUT2D eigenvalue weighted by atomic mass is 10.2. The third kappa shape index (κ3) is 3.69. The van der Waals surface area contributed by atoms with Crippen molar-refractivity contribution in [3.8, 4) is 0 Å². The van der Waals surface area contributed by atoms with Gasteiger partial charge in [-0.1, -0.05) is 0 Å². The summed E-state index contributed by atoms with van der Waals surface area (Å²) >= 11 is 0. The standard InChI is InChI=1S/C12H20N2O3S/c1-9(10(2)17-4)14-11-5-7-12(8-6-11)18(15,16)13-3/h5-10,13-14H,1-4H3. The molecule has 2 atom stereocenters. The minimum atomic E-state index is -3.37. The first-order valence-electron chi connectivity index (χ1n) is 5.73.